The second kappa shape index (κ2) is 7.92. The Kier molecular flexibility index (Phi) is 5.46. The van der Waals surface area contributed by atoms with Gasteiger partial charge >= 0.3 is 0 Å². The molecule has 2 aliphatic rings. The fourth-order valence-corrected chi connectivity index (χ4v) is 4.78. The van der Waals surface area contributed by atoms with E-state index in [4.69, 9.17) is 16.3 Å². The molecule has 0 saturated carbocycles. The Morgan fingerprint density at radius 1 is 1.10 bits per heavy atom. The molecule has 30 heavy (non-hydrogen) atoms. The zero-order chi connectivity index (χ0) is 21.5. The Hall–Kier alpha value is -2.59. The lowest BCUT2D eigenvalue weighted by Crippen LogP contribution is -2.43. The van der Waals surface area contributed by atoms with Crippen LogP contribution in [0.15, 0.2) is 59.8 Å². The van der Waals surface area contributed by atoms with Crippen LogP contribution in [-0.2, 0) is 9.59 Å². The minimum Gasteiger partial charge on any atom is -0.494 e. The molecule has 0 aromatic heterocycles. The van der Waals surface area contributed by atoms with Crippen molar-refractivity contribution in [3.63, 3.8) is 0 Å². The molecule has 1 heterocycles. The third kappa shape index (κ3) is 3.89. The van der Waals surface area contributed by atoms with E-state index in [0.717, 1.165) is 28.3 Å². The zero-order valence-corrected chi connectivity index (χ0v) is 18.3. The van der Waals surface area contributed by atoms with Crippen molar-refractivity contribution in [2.75, 3.05) is 11.5 Å². The number of amides is 1. The van der Waals surface area contributed by atoms with Gasteiger partial charge in [0.25, 0.3) is 0 Å². The number of Topliss-reactive ketones (excluding diaryl/α,β-unsaturated/α-hetero) is 1. The Labute approximate surface area is 182 Å². The van der Waals surface area contributed by atoms with Gasteiger partial charge in [-0.3, -0.25) is 14.5 Å². The molecule has 0 fully saturated rings. The molecule has 4 nitrogen and oxygen atoms in total. The van der Waals surface area contributed by atoms with Crippen molar-refractivity contribution in [1.82, 2.24) is 0 Å². The third-order valence-corrected chi connectivity index (χ3v) is 6.04. The van der Waals surface area contributed by atoms with Crippen molar-refractivity contribution in [2.45, 2.75) is 46.0 Å². The molecule has 1 unspecified atom stereocenters. The first-order valence-electron chi connectivity index (χ1n) is 10.4. The molecule has 4 rings (SSSR count). The van der Waals surface area contributed by atoms with Crippen LogP contribution in [0, 0.1) is 5.41 Å². The summed E-state index contributed by atoms with van der Waals surface area (Å²) in [4.78, 5) is 28.4. The smallest absolute Gasteiger partial charge is 0.232 e. The average Bonchev–Trinajstić information content (AvgIpc) is 2.67. The van der Waals surface area contributed by atoms with Crippen LogP contribution in [0.1, 0.15) is 51.5 Å². The SMILES string of the molecule is CCOc1ccc(N2C(=O)CC(c3cccc(Cl)c3)C3=C2CC(C)(C)CC3=O)cc1. The number of halogens is 1. The van der Waals surface area contributed by atoms with Gasteiger partial charge in [-0.25, -0.2) is 0 Å². The van der Waals surface area contributed by atoms with Gasteiger partial charge in [-0.15, -0.1) is 0 Å². The summed E-state index contributed by atoms with van der Waals surface area (Å²) in [5, 5.41) is 0.611. The molecule has 2 aromatic carbocycles. The van der Waals surface area contributed by atoms with Crippen molar-refractivity contribution in [1.29, 1.82) is 0 Å². The van der Waals surface area contributed by atoms with Crippen LogP contribution in [0.3, 0.4) is 0 Å². The average molecular weight is 424 g/mol. The van der Waals surface area contributed by atoms with Crippen LogP contribution in [0.4, 0.5) is 5.69 Å². The summed E-state index contributed by atoms with van der Waals surface area (Å²) < 4.78 is 5.54. The standard InChI is InChI=1S/C25H26ClNO3/c1-4-30-19-10-8-18(9-11-19)27-21-14-25(2,3)15-22(28)24(21)20(13-23(27)29)16-6-5-7-17(26)12-16/h5-12,20H,4,13-15H2,1-3H3. The molecular formula is C25H26ClNO3. The number of hydrogen-bond donors (Lipinski definition) is 0. The van der Waals surface area contributed by atoms with Crippen molar-refractivity contribution < 1.29 is 14.3 Å². The summed E-state index contributed by atoms with van der Waals surface area (Å²) in [5.41, 5.74) is 3.07. The van der Waals surface area contributed by atoms with Crippen LogP contribution < -0.4 is 9.64 Å². The predicted molar refractivity (Wildman–Crippen MR) is 119 cm³/mol. The Balaban J connectivity index is 1.84. The number of hydrogen-bond acceptors (Lipinski definition) is 3. The Morgan fingerprint density at radius 3 is 2.50 bits per heavy atom. The lowest BCUT2D eigenvalue weighted by Gasteiger charge is -2.43. The summed E-state index contributed by atoms with van der Waals surface area (Å²) in [7, 11) is 0. The monoisotopic (exact) mass is 423 g/mol. The van der Waals surface area contributed by atoms with Crippen molar-refractivity contribution in [3.05, 3.63) is 70.4 Å². The highest BCUT2D eigenvalue weighted by atomic mass is 35.5. The first kappa shape index (κ1) is 20.7. The number of ketones is 1. The van der Waals surface area contributed by atoms with Gasteiger partial charge in [0.1, 0.15) is 5.75 Å². The molecule has 5 heteroatoms. The maximum atomic E-state index is 13.4. The number of ether oxygens (including phenoxy) is 1. The molecule has 1 atom stereocenters. The molecule has 0 N–H and O–H groups in total. The number of carbonyl (C=O) groups is 2. The summed E-state index contributed by atoms with van der Waals surface area (Å²) in [6.45, 7) is 6.68. The third-order valence-electron chi connectivity index (χ3n) is 5.80. The summed E-state index contributed by atoms with van der Waals surface area (Å²) >= 11 is 6.21. The maximum absolute atomic E-state index is 13.4. The van der Waals surface area contributed by atoms with E-state index in [-0.39, 0.29) is 29.4 Å². The number of nitrogens with zero attached hydrogens (tertiary/aromatic N) is 1. The zero-order valence-electron chi connectivity index (χ0n) is 17.6. The number of allylic oxidation sites excluding steroid dienone is 2. The van der Waals surface area contributed by atoms with E-state index in [1.54, 1.807) is 4.90 Å². The highest BCUT2D eigenvalue weighted by Crippen LogP contribution is 2.48. The number of carbonyl (C=O) groups excluding carboxylic acids is 2. The molecular weight excluding hydrogens is 398 g/mol. The van der Waals surface area contributed by atoms with Crippen LogP contribution in [-0.4, -0.2) is 18.3 Å². The Morgan fingerprint density at radius 2 is 1.83 bits per heavy atom. The van der Waals surface area contributed by atoms with E-state index < -0.39 is 0 Å². The van der Waals surface area contributed by atoms with Gasteiger partial charge in [-0.1, -0.05) is 37.6 Å². The van der Waals surface area contributed by atoms with Crippen LogP contribution in [0.25, 0.3) is 0 Å². The lowest BCUT2D eigenvalue weighted by molar-refractivity contribution is -0.121. The summed E-state index contributed by atoms with van der Waals surface area (Å²) in [6.07, 6.45) is 1.40. The van der Waals surface area contributed by atoms with E-state index >= 15 is 0 Å². The van der Waals surface area contributed by atoms with E-state index in [0.29, 0.717) is 24.5 Å². The Bertz CT molecular complexity index is 1020. The summed E-state index contributed by atoms with van der Waals surface area (Å²) in [5.74, 6) is 0.619. The topological polar surface area (TPSA) is 46.6 Å². The first-order chi connectivity index (χ1) is 14.3. The minimum absolute atomic E-state index is 0.00612. The molecule has 0 saturated heterocycles. The number of anilines is 1. The molecule has 1 aliphatic carbocycles. The fraction of sp³-hybridized carbons (Fsp3) is 0.360. The van der Waals surface area contributed by atoms with Gasteiger partial charge in [0.15, 0.2) is 5.78 Å². The summed E-state index contributed by atoms with van der Waals surface area (Å²) in [6, 6.07) is 15.0. The van der Waals surface area contributed by atoms with Crippen LogP contribution >= 0.6 is 11.6 Å². The van der Waals surface area contributed by atoms with Crippen molar-refractivity contribution in [2.24, 2.45) is 5.41 Å². The van der Waals surface area contributed by atoms with E-state index in [9.17, 15) is 9.59 Å². The fourth-order valence-electron chi connectivity index (χ4n) is 4.58. The van der Waals surface area contributed by atoms with Gasteiger partial charge in [0.2, 0.25) is 5.91 Å². The molecule has 0 radical (unpaired) electrons. The van der Waals surface area contributed by atoms with Gasteiger partial charge < -0.3 is 4.74 Å². The highest BCUT2D eigenvalue weighted by Gasteiger charge is 2.44. The lowest BCUT2D eigenvalue weighted by atomic mass is 9.69. The first-order valence-corrected chi connectivity index (χ1v) is 10.7. The van der Waals surface area contributed by atoms with Gasteiger partial charge in [-0.2, -0.15) is 0 Å². The number of rotatable bonds is 4. The normalized spacial score (nSPS) is 20.9. The molecule has 0 bridgehead atoms. The predicted octanol–water partition coefficient (Wildman–Crippen LogP) is 5.90. The molecule has 1 amide bonds. The molecule has 2 aromatic rings. The van der Waals surface area contributed by atoms with E-state index in [1.165, 1.54) is 0 Å². The maximum Gasteiger partial charge on any atom is 0.232 e. The molecule has 0 spiro atoms. The van der Waals surface area contributed by atoms with Gasteiger partial charge in [0, 0.05) is 40.7 Å². The van der Waals surface area contributed by atoms with Crippen LogP contribution in [0.5, 0.6) is 5.75 Å². The van der Waals surface area contributed by atoms with Gasteiger partial charge in [-0.05, 0) is 60.7 Å². The minimum atomic E-state index is -0.256. The van der Waals surface area contributed by atoms with Crippen molar-refractivity contribution in [3.8, 4) is 5.75 Å². The van der Waals surface area contributed by atoms with E-state index in [2.05, 4.69) is 13.8 Å². The van der Waals surface area contributed by atoms with E-state index in [1.807, 2.05) is 55.5 Å². The highest BCUT2D eigenvalue weighted by molar-refractivity contribution is 6.30. The quantitative estimate of drug-likeness (QED) is 0.614. The second-order valence-electron chi connectivity index (χ2n) is 8.77. The largest absolute Gasteiger partial charge is 0.494 e. The molecule has 156 valence electrons. The van der Waals surface area contributed by atoms with Crippen molar-refractivity contribution >= 4 is 29.0 Å². The number of benzene rings is 2. The van der Waals surface area contributed by atoms with Crippen LogP contribution in [0.2, 0.25) is 5.02 Å². The second-order valence-corrected chi connectivity index (χ2v) is 9.21. The molecule has 1 aliphatic heterocycles. The van der Waals surface area contributed by atoms with Gasteiger partial charge in [0.05, 0.1) is 6.61 Å².